The Kier molecular flexibility index (Phi) is 11.4. The highest BCUT2D eigenvalue weighted by atomic mass is 16.5. The van der Waals surface area contributed by atoms with Crippen LogP contribution < -0.4 is 11.1 Å². The number of nitrogens with two attached hydrogens (primary N) is 1. The highest BCUT2D eigenvalue weighted by molar-refractivity contribution is 5.79. The number of fused-ring (bicyclic) bond motifs is 1. The van der Waals surface area contributed by atoms with Crippen LogP contribution in [0.25, 0.3) is 0 Å². The van der Waals surface area contributed by atoms with Crippen molar-refractivity contribution in [3.8, 4) is 0 Å². The standard InChI is InChI=1S/C31H44N4O5/c1-7-8-23(18-40-29-16-25(33)21(4)24-15-28(38-6)31(24)29)34-11-12-39-27-13-19(2)22(14-26(27)37-5)9-10-30(36)35-20(3)17-32/h7-8,11,13,15-17,19-20,22,24,26,31-32H,1,9-10,12,14,18,33H2,2-6H3,(H,35,36)/b23-8-,32-17?,34-11+/t19?,20-,22?,24?,26?,31-/m1/s1. The monoisotopic (exact) mass is 552 g/mol. The number of nitrogens with zero attached hydrogens (tertiary/aromatic N) is 1. The molecule has 0 saturated heterocycles. The number of allylic oxidation sites excluding steroid dienone is 6. The summed E-state index contributed by atoms with van der Waals surface area (Å²) in [5, 5.41) is 10.0. The maximum Gasteiger partial charge on any atom is 0.220 e. The van der Waals surface area contributed by atoms with Crippen LogP contribution in [0.4, 0.5) is 0 Å². The fourth-order valence-corrected chi connectivity index (χ4v) is 5.24. The van der Waals surface area contributed by atoms with Gasteiger partial charge in [0.25, 0.3) is 0 Å². The summed E-state index contributed by atoms with van der Waals surface area (Å²) < 4.78 is 23.4. The van der Waals surface area contributed by atoms with E-state index in [0.29, 0.717) is 18.0 Å². The maximum atomic E-state index is 12.1. The molecule has 9 heteroatoms. The van der Waals surface area contributed by atoms with Crippen molar-refractivity contribution in [3.05, 3.63) is 71.2 Å². The molecule has 3 rings (SSSR count). The number of rotatable bonds is 15. The fraction of sp³-hybridized carbons (Fsp3) is 0.516. The Balaban J connectivity index is 1.53. The first-order valence-electron chi connectivity index (χ1n) is 13.8. The molecule has 9 nitrogen and oxygen atoms in total. The van der Waals surface area contributed by atoms with Gasteiger partial charge in [-0.1, -0.05) is 19.6 Å². The smallest absolute Gasteiger partial charge is 0.220 e. The van der Waals surface area contributed by atoms with E-state index in [0.717, 1.165) is 41.4 Å². The summed E-state index contributed by atoms with van der Waals surface area (Å²) in [5.41, 5.74) is 8.76. The van der Waals surface area contributed by atoms with Crippen LogP contribution in [0.5, 0.6) is 0 Å². The van der Waals surface area contributed by atoms with Crippen molar-refractivity contribution in [2.75, 3.05) is 27.4 Å². The molecule has 1 amide bonds. The molecule has 3 aliphatic rings. The largest absolute Gasteiger partial charge is 0.501 e. The number of carbonyl (C=O) groups is 1. The number of carbonyl (C=O) groups excluding carboxylic acids is 1. The van der Waals surface area contributed by atoms with Crippen LogP contribution in [-0.2, 0) is 23.7 Å². The molecule has 0 aromatic heterocycles. The molecule has 40 heavy (non-hydrogen) atoms. The first-order valence-corrected chi connectivity index (χ1v) is 13.8. The number of hydrogen-bond donors (Lipinski definition) is 3. The van der Waals surface area contributed by atoms with E-state index in [1.165, 1.54) is 6.21 Å². The van der Waals surface area contributed by atoms with Crippen LogP contribution in [0.15, 0.2) is 76.2 Å². The zero-order chi connectivity index (χ0) is 29.2. The predicted octanol–water partition coefficient (Wildman–Crippen LogP) is 4.56. The predicted molar refractivity (Wildman–Crippen MR) is 157 cm³/mol. The van der Waals surface area contributed by atoms with Gasteiger partial charge in [-0.3, -0.25) is 9.79 Å². The minimum absolute atomic E-state index is 0.0373. The van der Waals surface area contributed by atoms with Crippen molar-refractivity contribution in [2.24, 2.45) is 34.4 Å². The molecule has 0 radical (unpaired) electrons. The minimum Gasteiger partial charge on any atom is -0.501 e. The first kappa shape index (κ1) is 30.9. The van der Waals surface area contributed by atoms with E-state index in [2.05, 4.69) is 36.0 Å². The SMILES string of the molecule is C=C/C=C(COC1=CC(N)=C(C)C2C=C(OC)[C@H]12)\N=C\COC1=CC(C)C(CCC(=O)N[C@H](C)C=N)CC1OC. The lowest BCUT2D eigenvalue weighted by atomic mass is 9.71. The molecule has 4 N–H and O–H groups in total. The summed E-state index contributed by atoms with van der Waals surface area (Å²) in [6, 6.07) is -0.252. The summed E-state index contributed by atoms with van der Waals surface area (Å²) in [5.74, 6) is 3.20. The molecule has 218 valence electrons. The summed E-state index contributed by atoms with van der Waals surface area (Å²) in [4.78, 5) is 16.7. The van der Waals surface area contributed by atoms with Gasteiger partial charge in [0.15, 0.2) is 0 Å². The molecule has 0 heterocycles. The second-order valence-corrected chi connectivity index (χ2v) is 10.5. The second-order valence-electron chi connectivity index (χ2n) is 10.5. The van der Waals surface area contributed by atoms with Gasteiger partial charge in [-0.25, -0.2) is 0 Å². The van der Waals surface area contributed by atoms with E-state index in [9.17, 15) is 4.79 Å². The zero-order valence-corrected chi connectivity index (χ0v) is 24.3. The average molecular weight is 553 g/mol. The van der Waals surface area contributed by atoms with Gasteiger partial charge in [-0.2, -0.15) is 0 Å². The van der Waals surface area contributed by atoms with Crippen LogP contribution in [0.2, 0.25) is 0 Å². The number of methoxy groups -OCH3 is 2. The number of aliphatic imine (C=N–C) groups is 1. The average Bonchev–Trinajstić information content (AvgIpc) is 2.91. The van der Waals surface area contributed by atoms with Crippen molar-refractivity contribution in [1.82, 2.24) is 5.32 Å². The second kappa shape index (κ2) is 14.7. The van der Waals surface area contributed by atoms with Crippen molar-refractivity contribution in [1.29, 1.82) is 5.41 Å². The molecule has 0 aromatic rings. The molecule has 0 fully saturated rings. The Labute approximate surface area is 238 Å². The van der Waals surface area contributed by atoms with E-state index >= 15 is 0 Å². The molecule has 0 bridgehead atoms. The highest BCUT2D eigenvalue weighted by Gasteiger charge is 2.42. The van der Waals surface area contributed by atoms with Gasteiger partial charge in [0, 0.05) is 37.6 Å². The van der Waals surface area contributed by atoms with Crippen molar-refractivity contribution >= 4 is 18.3 Å². The topological polar surface area (TPSA) is 128 Å². The minimum atomic E-state index is -0.252. The molecule has 4 unspecified atom stereocenters. The summed E-state index contributed by atoms with van der Waals surface area (Å²) in [6.45, 7) is 10.3. The highest BCUT2D eigenvalue weighted by Crippen LogP contribution is 2.47. The van der Waals surface area contributed by atoms with Crippen LogP contribution in [-0.4, -0.2) is 57.9 Å². The first-order chi connectivity index (χ1) is 19.2. The van der Waals surface area contributed by atoms with Crippen LogP contribution in [0.3, 0.4) is 0 Å². The number of nitrogens with one attached hydrogen (secondary N) is 2. The molecule has 0 aliphatic heterocycles. The fourth-order valence-electron chi connectivity index (χ4n) is 5.24. The van der Waals surface area contributed by atoms with Gasteiger partial charge in [0.1, 0.15) is 36.6 Å². The normalized spacial score (nSPS) is 27.0. The van der Waals surface area contributed by atoms with E-state index in [-0.39, 0.29) is 49.0 Å². The number of amides is 1. The summed E-state index contributed by atoms with van der Waals surface area (Å²) in [6.07, 6.45) is 14.2. The number of hydrogen-bond acceptors (Lipinski definition) is 8. The van der Waals surface area contributed by atoms with Gasteiger partial charge in [0.2, 0.25) is 5.91 Å². The Morgan fingerprint density at radius 1 is 1.27 bits per heavy atom. The van der Waals surface area contributed by atoms with Gasteiger partial charge < -0.3 is 35.4 Å². The quantitative estimate of drug-likeness (QED) is 0.202. The van der Waals surface area contributed by atoms with Crippen molar-refractivity contribution < 1.29 is 23.7 Å². The molecule has 0 saturated carbocycles. The van der Waals surface area contributed by atoms with E-state index in [1.54, 1.807) is 39.5 Å². The Bertz CT molecular complexity index is 1130. The lowest BCUT2D eigenvalue weighted by molar-refractivity contribution is -0.121. The van der Waals surface area contributed by atoms with E-state index in [4.69, 9.17) is 30.1 Å². The Morgan fingerprint density at radius 3 is 2.73 bits per heavy atom. The maximum absolute atomic E-state index is 12.1. The van der Waals surface area contributed by atoms with Gasteiger partial charge >= 0.3 is 0 Å². The lowest BCUT2D eigenvalue weighted by Crippen LogP contribution is -2.34. The van der Waals surface area contributed by atoms with Gasteiger partial charge in [-0.15, -0.1) is 0 Å². The Morgan fingerprint density at radius 2 is 2.05 bits per heavy atom. The third-order valence-corrected chi connectivity index (χ3v) is 7.75. The van der Waals surface area contributed by atoms with E-state index < -0.39 is 0 Å². The van der Waals surface area contributed by atoms with Crippen LogP contribution in [0, 0.1) is 29.1 Å². The molecular weight excluding hydrogens is 508 g/mol. The van der Waals surface area contributed by atoms with Gasteiger partial charge in [0.05, 0.1) is 24.8 Å². The van der Waals surface area contributed by atoms with Crippen molar-refractivity contribution in [2.45, 2.75) is 52.2 Å². The molecule has 3 aliphatic carbocycles. The summed E-state index contributed by atoms with van der Waals surface area (Å²) >= 11 is 0. The molecule has 0 spiro atoms. The van der Waals surface area contributed by atoms with E-state index in [1.807, 2.05) is 13.0 Å². The third-order valence-electron chi connectivity index (χ3n) is 7.75. The van der Waals surface area contributed by atoms with Gasteiger partial charge in [-0.05, 0) is 68.4 Å². The molecule has 6 atom stereocenters. The van der Waals surface area contributed by atoms with Crippen LogP contribution in [0.1, 0.15) is 40.0 Å². The molecular formula is C31H44N4O5. The number of ether oxygens (including phenoxy) is 4. The lowest BCUT2D eigenvalue weighted by Gasteiger charge is -2.39. The van der Waals surface area contributed by atoms with Crippen molar-refractivity contribution in [3.63, 3.8) is 0 Å². The molecule has 0 aromatic carbocycles. The summed E-state index contributed by atoms with van der Waals surface area (Å²) in [7, 11) is 3.34. The Hall–Kier alpha value is -3.59. The zero-order valence-electron chi connectivity index (χ0n) is 24.3. The van der Waals surface area contributed by atoms with Crippen LogP contribution >= 0.6 is 0 Å². The third kappa shape index (κ3) is 7.75.